The van der Waals surface area contributed by atoms with Crippen LogP contribution in [0.1, 0.15) is 31.9 Å². The van der Waals surface area contributed by atoms with Gasteiger partial charge < -0.3 is 14.6 Å². The summed E-state index contributed by atoms with van der Waals surface area (Å²) in [4.78, 5) is 11.0. The van der Waals surface area contributed by atoms with Crippen molar-refractivity contribution < 1.29 is 4.42 Å². The highest BCUT2D eigenvalue weighted by Gasteiger charge is 2.32. The van der Waals surface area contributed by atoms with E-state index >= 15 is 0 Å². The van der Waals surface area contributed by atoms with Crippen molar-refractivity contribution in [2.24, 2.45) is 0 Å². The Morgan fingerprint density at radius 3 is 3.00 bits per heavy atom. The first-order valence-electron chi connectivity index (χ1n) is 7.33. The predicted octanol–water partition coefficient (Wildman–Crippen LogP) is 3.71. The van der Waals surface area contributed by atoms with Gasteiger partial charge in [0.1, 0.15) is 10.8 Å². The number of anilines is 2. The third-order valence-electron chi connectivity index (χ3n) is 3.42. The molecule has 0 amide bonds. The summed E-state index contributed by atoms with van der Waals surface area (Å²) in [7, 11) is 0. The molecule has 2 heterocycles. The average molecular weight is 307 g/mol. The van der Waals surface area contributed by atoms with Crippen LogP contribution in [-0.4, -0.2) is 22.6 Å². The average Bonchev–Trinajstić information content (AvgIpc) is 3.21. The van der Waals surface area contributed by atoms with Gasteiger partial charge >= 0.3 is 0 Å². The molecule has 1 aliphatic carbocycles. The van der Waals surface area contributed by atoms with Gasteiger partial charge in [-0.1, -0.05) is 18.5 Å². The monoisotopic (exact) mass is 306 g/mol. The van der Waals surface area contributed by atoms with Crippen LogP contribution in [-0.2, 0) is 6.54 Å². The van der Waals surface area contributed by atoms with Crippen molar-refractivity contribution in [2.75, 3.05) is 16.8 Å². The molecular formula is C15H19ClN4O. The standard InChI is InChI=1S/C15H19ClN4O/c1-2-7-17-15-18-9-13(16)14(19-15)20(11-5-6-11)10-12-4-3-8-21-12/h3-4,8-9,11H,2,5-7,10H2,1H3,(H,17,18,19). The van der Waals surface area contributed by atoms with Crippen molar-refractivity contribution in [1.82, 2.24) is 9.97 Å². The molecule has 0 radical (unpaired) electrons. The number of nitrogens with zero attached hydrogens (tertiary/aromatic N) is 3. The summed E-state index contributed by atoms with van der Waals surface area (Å²) in [5, 5.41) is 3.78. The predicted molar refractivity (Wildman–Crippen MR) is 83.7 cm³/mol. The van der Waals surface area contributed by atoms with Crippen LogP contribution in [0.25, 0.3) is 0 Å². The van der Waals surface area contributed by atoms with Crippen LogP contribution >= 0.6 is 11.6 Å². The van der Waals surface area contributed by atoms with Gasteiger partial charge in [-0.2, -0.15) is 4.98 Å². The zero-order valence-corrected chi connectivity index (χ0v) is 12.8. The van der Waals surface area contributed by atoms with Crippen LogP contribution in [0.15, 0.2) is 29.0 Å². The van der Waals surface area contributed by atoms with Crippen molar-refractivity contribution in [3.63, 3.8) is 0 Å². The largest absolute Gasteiger partial charge is 0.467 e. The van der Waals surface area contributed by atoms with Crippen molar-refractivity contribution >= 4 is 23.4 Å². The van der Waals surface area contributed by atoms with E-state index in [9.17, 15) is 0 Å². The number of hydrogen-bond donors (Lipinski definition) is 1. The topological polar surface area (TPSA) is 54.2 Å². The minimum absolute atomic E-state index is 0.488. The lowest BCUT2D eigenvalue weighted by atomic mass is 10.3. The molecule has 2 aromatic heterocycles. The first-order valence-corrected chi connectivity index (χ1v) is 7.71. The van der Waals surface area contributed by atoms with Crippen LogP contribution in [0.2, 0.25) is 5.02 Å². The number of rotatable bonds is 7. The molecule has 6 heteroatoms. The number of halogens is 1. The van der Waals surface area contributed by atoms with Crippen molar-refractivity contribution in [2.45, 2.75) is 38.8 Å². The highest BCUT2D eigenvalue weighted by atomic mass is 35.5. The number of hydrogen-bond acceptors (Lipinski definition) is 5. The second-order valence-electron chi connectivity index (χ2n) is 5.23. The van der Waals surface area contributed by atoms with Gasteiger partial charge in [-0.15, -0.1) is 0 Å². The molecule has 0 atom stereocenters. The molecule has 0 aliphatic heterocycles. The van der Waals surface area contributed by atoms with Crippen molar-refractivity contribution in [1.29, 1.82) is 0 Å². The fourth-order valence-electron chi connectivity index (χ4n) is 2.22. The maximum atomic E-state index is 6.31. The maximum Gasteiger partial charge on any atom is 0.224 e. The fourth-order valence-corrected chi connectivity index (χ4v) is 2.41. The summed E-state index contributed by atoms with van der Waals surface area (Å²) in [6, 6.07) is 4.36. The van der Waals surface area contributed by atoms with Crippen LogP contribution < -0.4 is 10.2 Å². The molecule has 1 fully saturated rings. The Morgan fingerprint density at radius 1 is 1.48 bits per heavy atom. The van der Waals surface area contributed by atoms with E-state index in [1.165, 1.54) is 12.8 Å². The first-order chi connectivity index (χ1) is 10.3. The number of aromatic nitrogens is 2. The maximum absolute atomic E-state index is 6.31. The quantitative estimate of drug-likeness (QED) is 0.845. The summed E-state index contributed by atoms with van der Waals surface area (Å²) in [5.41, 5.74) is 0. The number of nitrogens with one attached hydrogen (secondary N) is 1. The summed E-state index contributed by atoms with van der Waals surface area (Å²) in [5.74, 6) is 2.32. The Labute approximate surface area is 129 Å². The zero-order chi connectivity index (χ0) is 14.7. The van der Waals surface area contributed by atoms with Gasteiger partial charge in [-0.3, -0.25) is 0 Å². The molecule has 1 saturated carbocycles. The van der Waals surface area contributed by atoms with Crippen molar-refractivity contribution in [3.05, 3.63) is 35.4 Å². The Kier molecular flexibility index (Phi) is 4.29. The van der Waals surface area contributed by atoms with Crippen LogP contribution in [0.3, 0.4) is 0 Å². The Morgan fingerprint density at radius 2 is 2.33 bits per heavy atom. The van der Waals surface area contributed by atoms with Gasteiger partial charge in [0.15, 0.2) is 5.82 Å². The SMILES string of the molecule is CCCNc1ncc(Cl)c(N(Cc2ccco2)C2CC2)n1. The third-order valence-corrected chi connectivity index (χ3v) is 3.69. The van der Waals surface area contributed by atoms with Crippen LogP contribution in [0.5, 0.6) is 0 Å². The van der Waals surface area contributed by atoms with Gasteiger partial charge in [0, 0.05) is 12.6 Å². The van der Waals surface area contributed by atoms with Gasteiger partial charge in [0.2, 0.25) is 5.95 Å². The minimum Gasteiger partial charge on any atom is -0.467 e. The lowest BCUT2D eigenvalue weighted by Gasteiger charge is -2.23. The lowest BCUT2D eigenvalue weighted by molar-refractivity contribution is 0.500. The minimum atomic E-state index is 0.488. The normalized spacial score (nSPS) is 14.2. The number of furan rings is 1. The molecule has 2 aromatic rings. The molecule has 1 N–H and O–H groups in total. The molecule has 0 aromatic carbocycles. The zero-order valence-electron chi connectivity index (χ0n) is 12.1. The molecule has 0 unspecified atom stereocenters. The fraction of sp³-hybridized carbons (Fsp3) is 0.467. The van der Waals surface area contributed by atoms with Gasteiger partial charge in [0.05, 0.1) is 19.0 Å². The second kappa shape index (κ2) is 6.35. The Hall–Kier alpha value is -1.75. The molecule has 5 nitrogen and oxygen atoms in total. The van der Waals surface area contributed by atoms with Gasteiger partial charge in [0.25, 0.3) is 0 Å². The van der Waals surface area contributed by atoms with Gasteiger partial charge in [-0.05, 0) is 31.4 Å². The highest BCUT2D eigenvalue weighted by molar-refractivity contribution is 6.32. The molecule has 0 saturated heterocycles. The Balaban J connectivity index is 1.84. The summed E-state index contributed by atoms with van der Waals surface area (Å²) < 4.78 is 5.45. The van der Waals surface area contributed by atoms with Crippen LogP contribution in [0.4, 0.5) is 11.8 Å². The molecule has 21 heavy (non-hydrogen) atoms. The second-order valence-corrected chi connectivity index (χ2v) is 5.64. The van der Waals surface area contributed by atoms with E-state index in [0.29, 0.717) is 23.6 Å². The molecule has 0 bridgehead atoms. The lowest BCUT2D eigenvalue weighted by Crippen LogP contribution is -2.26. The molecule has 112 valence electrons. The molecule has 1 aliphatic rings. The first kappa shape index (κ1) is 14.2. The van der Waals surface area contributed by atoms with E-state index in [0.717, 1.165) is 24.5 Å². The van der Waals surface area contributed by atoms with E-state index < -0.39 is 0 Å². The summed E-state index contributed by atoms with van der Waals surface area (Å²) in [6.07, 6.45) is 6.72. The van der Waals surface area contributed by atoms with E-state index in [-0.39, 0.29) is 0 Å². The van der Waals surface area contributed by atoms with Gasteiger partial charge in [-0.25, -0.2) is 4.98 Å². The van der Waals surface area contributed by atoms with E-state index in [1.54, 1.807) is 12.5 Å². The molecular weight excluding hydrogens is 288 g/mol. The van der Waals surface area contributed by atoms with E-state index in [4.69, 9.17) is 16.0 Å². The van der Waals surface area contributed by atoms with Crippen molar-refractivity contribution in [3.8, 4) is 0 Å². The van der Waals surface area contributed by atoms with E-state index in [1.807, 2.05) is 12.1 Å². The molecule has 3 rings (SSSR count). The van der Waals surface area contributed by atoms with Crippen LogP contribution in [0, 0.1) is 0 Å². The smallest absolute Gasteiger partial charge is 0.224 e. The van der Waals surface area contributed by atoms with E-state index in [2.05, 4.69) is 27.1 Å². The Bertz CT molecular complexity index is 583. The third kappa shape index (κ3) is 3.47. The summed E-state index contributed by atoms with van der Waals surface area (Å²) in [6.45, 7) is 3.64. The summed E-state index contributed by atoms with van der Waals surface area (Å²) >= 11 is 6.31. The molecule has 0 spiro atoms. The highest BCUT2D eigenvalue weighted by Crippen LogP contribution is 2.35.